The number of nitrogens with zero attached hydrogens (tertiary/aromatic N) is 1. The molecule has 1 fully saturated rings. The third-order valence-electron chi connectivity index (χ3n) is 4.41. The van der Waals surface area contributed by atoms with E-state index in [-0.39, 0.29) is 5.54 Å². The predicted octanol–water partition coefficient (Wildman–Crippen LogP) is 3.03. The van der Waals surface area contributed by atoms with E-state index in [2.05, 4.69) is 49.1 Å². The first kappa shape index (κ1) is 13.6. The Morgan fingerprint density at radius 3 is 2.56 bits per heavy atom. The first-order valence-corrected chi connectivity index (χ1v) is 7.15. The van der Waals surface area contributed by atoms with Gasteiger partial charge in [-0.1, -0.05) is 44.2 Å². The van der Waals surface area contributed by atoms with E-state index in [1.165, 1.54) is 18.5 Å². The second-order valence-corrected chi connectivity index (χ2v) is 6.00. The molecule has 1 unspecified atom stereocenters. The minimum absolute atomic E-state index is 0.0471. The largest absolute Gasteiger partial charge is 0.325 e. The van der Waals surface area contributed by atoms with Crippen molar-refractivity contribution in [2.75, 3.05) is 13.1 Å². The van der Waals surface area contributed by atoms with Crippen LogP contribution in [0.3, 0.4) is 0 Å². The predicted molar refractivity (Wildman–Crippen MR) is 77.3 cm³/mol. The molecular weight excluding hydrogens is 220 g/mol. The molecule has 2 nitrogen and oxygen atoms in total. The maximum Gasteiger partial charge on any atom is 0.0233 e. The van der Waals surface area contributed by atoms with Gasteiger partial charge in [0.1, 0.15) is 0 Å². The molecule has 2 heteroatoms. The van der Waals surface area contributed by atoms with Crippen LogP contribution in [0.1, 0.15) is 38.7 Å². The third-order valence-corrected chi connectivity index (χ3v) is 4.41. The van der Waals surface area contributed by atoms with Crippen molar-refractivity contribution in [1.82, 2.24) is 4.90 Å². The van der Waals surface area contributed by atoms with E-state index in [1.54, 1.807) is 0 Å². The molecule has 1 aromatic rings. The molecule has 1 aliphatic heterocycles. The highest BCUT2D eigenvalue weighted by Crippen LogP contribution is 2.27. The molecule has 100 valence electrons. The lowest BCUT2D eigenvalue weighted by molar-refractivity contribution is 0.244. The molecule has 1 aliphatic rings. The van der Waals surface area contributed by atoms with Gasteiger partial charge in [-0.2, -0.15) is 0 Å². The highest BCUT2D eigenvalue weighted by molar-refractivity contribution is 5.14. The van der Waals surface area contributed by atoms with Gasteiger partial charge < -0.3 is 5.73 Å². The molecule has 1 atom stereocenters. The number of hydrogen-bond acceptors (Lipinski definition) is 2. The summed E-state index contributed by atoms with van der Waals surface area (Å²) in [6, 6.07) is 10.7. The minimum atomic E-state index is 0.0471. The van der Waals surface area contributed by atoms with Crippen LogP contribution in [-0.4, -0.2) is 23.5 Å². The lowest BCUT2D eigenvalue weighted by Gasteiger charge is -2.32. The first-order chi connectivity index (χ1) is 8.60. The molecule has 1 aromatic carbocycles. The van der Waals surface area contributed by atoms with Crippen LogP contribution < -0.4 is 5.73 Å². The summed E-state index contributed by atoms with van der Waals surface area (Å²) < 4.78 is 0. The van der Waals surface area contributed by atoms with Crippen LogP contribution >= 0.6 is 0 Å². The highest BCUT2D eigenvalue weighted by atomic mass is 15.1. The van der Waals surface area contributed by atoms with Crippen molar-refractivity contribution in [3.63, 3.8) is 0 Å². The summed E-state index contributed by atoms with van der Waals surface area (Å²) in [7, 11) is 0. The molecule has 1 saturated heterocycles. The van der Waals surface area contributed by atoms with Gasteiger partial charge in [-0.25, -0.2) is 0 Å². The van der Waals surface area contributed by atoms with Gasteiger partial charge in [0, 0.05) is 18.6 Å². The van der Waals surface area contributed by atoms with Gasteiger partial charge in [0.2, 0.25) is 0 Å². The smallest absolute Gasteiger partial charge is 0.0233 e. The SMILES string of the molecule is CC(C)C1(N)CCCN(Cc2ccccc2)CC1. The standard InChI is InChI=1S/C16H26N2/c1-14(2)16(17)9-6-11-18(12-10-16)13-15-7-4-3-5-8-15/h3-5,7-8,14H,6,9-13,17H2,1-2H3. The normalized spacial score (nSPS) is 26.2. The summed E-state index contributed by atoms with van der Waals surface area (Å²) in [5.41, 5.74) is 7.99. The van der Waals surface area contributed by atoms with E-state index in [1.807, 2.05) is 0 Å². The molecule has 0 radical (unpaired) electrons. The number of hydrogen-bond donors (Lipinski definition) is 1. The average Bonchev–Trinajstić information content (AvgIpc) is 2.54. The Morgan fingerprint density at radius 1 is 1.17 bits per heavy atom. The molecule has 0 spiro atoms. The summed E-state index contributed by atoms with van der Waals surface area (Å²) in [5, 5.41) is 0. The van der Waals surface area contributed by atoms with E-state index in [0.29, 0.717) is 5.92 Å². The number of likely N-dealkylation sites (tertiary alicyclic amines) is 1. The van der Waals surface area contributed by atoms with Crippen molar-refractivity contribution in [3.05, 3.63) is 35.9 Å². The lowest BCUT2D eigenvalue weighted by Crippen LogP contribution is -2.45. The van der Waals surface area contributed by atoms with Crippen LogP contribution in [0.25, 0.3) is 0 Å². The lowest BCUT2D eigenvalue weighted by atomic mass is 9.81. The van der Waals surface area contributed by atoms with Crippen molar-refractivity contribution in [3.8, 4) is 0 Å². The van der Waals surface area contributed by atoms with E-state index < -0.39 is 0 Å². The zero-order valence-corrected chi connectivity index (χ0v) is 11.7. The topological polar surface area (TPSA) is 29.3 Å². The number of nitrogens with two attached hydrogens (primary N) is 1. The Hall–Kier alpha value is -0.860. The summed E-state index contributed by atoms with van der Waals surface area (Å²) >= 11 is 0. The van der Waals surface area contributed by atoms with Crippen LogP contribution in [0, 0.1) is 5.92 Å². The maximum atomic E-state index is 6.53. The fraction of sp³-hybridized carbons (Fsp3) is 0.625. The van der Waals surface area contributed by atoms with Gasteiger partial charge in [0.15, 0.2) is 0 Å². The third kappa shape index (κ3) is 3.33. The van der Waals surface area contributed by atoms with Gasteiger partial charge in [0.25, 0.3) is 0 Å². The monoisotopic (exact) mass is 246 g/mol. The molecule has 0 aliphatic carbocycles. The molecule has 2 rings (SSSR count). The molecule has 1 heterocycles. The van der Waals surface area contributed by atoms with Crippen LogP contribution in [-0.2, 0) is 6.54 Å². The summed E-state index contributed by atoms with van der Waals surface area (Å²) in [6.07, 6.45) is 3.51. The average molecular weight is 246 g/mol. The Bertz CT molecular complexity index is 361. The Kier molecular flexibility index (Phi) is 4.41. The fourth-order valence-electron chi connectivity index (χ4n) is 2.81. The zero-order chi connectivity index (χ0) is 13.0. The van der Waals surface area contributed by atoms with Crippen molar-refractivity contribution in [1.29, 1.82) is 0 Å². The van der Waals surface area contributed by atoms with Gasteiger partial charge in [-0.15, -0.1) is 0 Å². The van der Waals surface area contributed by atoms with Gasteiger partial charge in [0.05, 0.1) is 0 Å². The van der Waals surface area contributed by atoms with Crippen LogP contribution in [0.5, 0.6) is 0 Å². The van der Waals surface area contributed by atoms with Gasteiger partial charge in [-0.05, 0) is 37.3 Å². The van der Waals surface area contributed by atoms with Crippen molar-refractivity contribution in [2.24, 2.45) is 11.7 Å². The van der Waals surface area contributed by atoms with Crippen LogP contribution in [0.4, 0.5) is 0 Å². The molecular formula is C16H26N2. The second-order valence-electron chi connectivity index (χ2n) is 6.00. The summed E-state index contributed by atoms with van der Waals surface area (Å²) in [4.78, 5) is 2.55. The first-order valence-electron chi connectivity index (χ1n) is 7.15. The minimum Gasteiger partial charge on any atom is -0.325 e. The second kappa shape index (κ2) is 5.85. The highest BCUT2D eigenvalue weighted by Gasteiger charge is 2.31. The quantitative estimate of drug-likeness (QED) is 0.888. The Labute approximate surface area is 111 Å². The van der Waals surface area contributed by atoms with E-state index in [4.69, 9.17) is 5.73 Å². The Morgan fingerprint density at radius 2 is 1.89 bits per heavy atom. The van der Waals surface area contributed by atoms with Crippen molar-refractivity contribution >= 4 is 0 Å². The molecule has 0 amide bonds. The van der Waals surface area contributed by atoms with Gasteiger partial charge in [-0.3, -0.25) is 4.90 Å². The number of rotatable bonds is 3. The number of benzene rings is 1. The maximum absolute atomic E-state index is 6.53. The van der Waals surface area contributed by atoms with E-state index in [0.717, 1.165) is 25.9 Å². The molecule has 0 saturated carbocycles. The Balaban J connectivity index is 1.93. The van der Waals surface area contributed by atoms with Crippen molar-refractivity contribution < 1.29 is 0 Å². The summed E-state index contributed by atoms with van der Waals surface area (Å²) in [6.45, 7) is 7.89. The van der Waals surface area contributed by atoms with Crippen LogP contribution in [0.2, 0.25) is 0 Å². The fourth-order valence-corrected chi connectivity index (χ4v) is 2.81. The van der Waals surface area contributed by atoms with E-state index >= 15 is 0 Å². The molecule has 18 heavy (non-hydrogen) atoms. The molecule has 2 N–H and O–H groups in total. The van der Waals surface area contributed by atoms with Gasteiger partial charge >= 0.3 is 0 Å². The zero-order valence-electron chi connectivity index (χ0n) is 11.7. The molecule has 0 aromatic heterocycles. The van der Waals surface area contributed by atoms with E-state index in [9.17, 15) is 0 Å². The van der Waals surface area contributed by atoms with Crippen LogP contribution in [0.15, 0.2) is 30.3 Å². The molecule has 0 bridgehead atoms. The summed E-state index contributed by atoms with van der Waals surface area (Å²) in [5.74, 6) is 0.578. The van der Waals surface area contributed by atoms with Crippen molar-refractivity contribution in [2.45, 2.75) is 45.2 Å².